The molecule has 0 aliphatic heterocycles. The predicted octanol–water partition coefficient (Wildman–Crippen LogP) is 4.82. The summed E-state index contributed by atoms with van der Waals surface area (Å²) in [7, 11) is 0. The molecular formula is C16H19BrFN3. The minimum absolute atomic E-state index is 0.279. The SMILES string of the molecule is CCCNc1nc(-c2cccc(F)c2)nc(CCC)c1Br. The molecule has 0 radical (unpaired) electrons. The maximum Gasteiger partial charge on any atom is 0.161 e. The van der Waals surface area contributed by atoms with Crippen molar-refractivity contribution < 1.29 is 4.39 Å². The number of rotatable bonds is 6. The zero-order valence-corrected chi connectivity index (χ0v) is 13.9. The molecule has 0 aliphatic carbocycles. The molecule has 0 bridgehead atoms. The van der Waals surface area contributed by atoms with Crippen molar-refractivity contribution in [3.8, 4) is 11.4 Å². The third-order valence-corrected chi connectivity index (χ3v) is 3.87. The van der Waals surface area contributed by atoms with Crippen LogP contribution in [0.3, 0.4) is 0 Å². The quantitative estimate of drug-likeness (QED) is 0.810. The lowest BCUT2D eigenvalue weighted by Crippen LogP contribution is -2.07. The zero-order chi connectivity index (χ0) is 15.2. The third-order valence-electron chi connectivity index (χ3n) is 3.03. The Labute approximate surface area is 133 Å². The van der Waals surface area contributed by atoms with Crippen molar-refractivity contribution in [3.63, 3.8) is 0 Å². The van der Waals surface area contributed by atoms with Gasteiger partial charge in [-0.15, -0.1) is 0 Å². The number of anilines is 1. The first-order valence-electron chi connectivity index (χ1n) is 7.22. The van der Waals surface area contributed by atoms with E-state index < -0.39 is 0 Å². The second-order valence-corrected chi connectivity index (χ2v) is 5.64. The van der Waals surface area contributed by atoms with E-state index in [4.69, 9.17) is 0 Å². The van der Waals surface area contributed by atoms with Crippen LogP contribution < -0.4 is 5.32 Å². The summed E-state index contributed by atoms with van der Waals surface area (Å²) in [4.78, 5) is 9.11. The molecule has 21 heavy (non-hydrogen) atoms. The van der Waals surface area contributed by atoms with Crippen LogP contribution in [0.25, 0.3) is 11.4 Å². The molecule has 2 rings (SSSR count). The monoisotopic (exact) mass is 351 g/mol. The fourth-order valence-corrected chi connectivity index (χ4v) is 2.53. The molecule has 5 heteroatoms. The van der Waals surface area contributed by atoms with Crippen LogP contribution in [0.5, 0.6) is 0 Å². The number of halogens is 2. The van der Waals surface area contributed by atoms with Gasteiger partial charge in [0.15, 0.2) is 5.82 Å². The van der Waals surface area contributed by atoms with Crippen LogP contribution in [-0.2, 0) is 6.42 Å². The van der Waals surface area contributed by atoms with Crippen molar-refractivity contribution in [2.75, 3.05) is 11.9 Å². The second kappa shape index (κ2) is 7.50. The van der Waals surface area contributed by atoms with E-state index >= 15 is 0 Å². The molecule has 0 amide bonds. The molecule has 1 aromatic carbocycles. The molecule has 0 spiro atoms. The second-order valence-electron chi connectivity index (χ2n) is 4.84. The summed E-state index contributed by atoms with van der Waals surface area (Å²) in [6, 6.07) is 6.38. The van der Waals surface area contributed by atoms with Gasteiger partial charge in [0.05, 0.1) is 10.2 Å². The molecule has 0 saturated carbocycles. The number of benzene rings is 1. The Balaban J connectivity index is 2.47. The average Bonchev–Trinajstić information content (AvgIpc) is 2.48. The lowest BCUT2D eigenvalue weighted by Gasteiger charge is -2.12. The van der Waals surface area contributed by atoms with Crippen LogP contribution in [0.1, 0.15) is 32.4 Å². The van der Waals surface area contributed by atoms with E-state index in [1.165, 1.54) is 12.1 Å². The predicted molar refractivity (Wildman–Crippen MR) is 87.9 cm³/mol. The lowest BCUT2D eigenvalue weighted by molar-refractivity contribution is 0.628. The van der Waals surface area contributed by atoms with Gasteiger partial charge in [-0.3, -0.25) is 0 Å². The normalized spacial score (nSPS) is 10.7. The zero-order valence-electron chi connectivity index (χ0n) is 12.3. The molecule has 0 atom stereocenters. The van der Waals surface area contributed by atoms with E-state index in [1.807, 2.05) is 6.07 Å². The summed E-state index contributed by atoms with van der Waals surface area (Å²) in [5.74, 6) is 1.05. The molecule has 0 aliphatic rings. The molecular weight excluding hydrogens is 333 g/mol. The Morgan fingerprint density at radius 3 is 2.67 bits per heavy atom. The minimum Gasteiger partial charge on any atom is -0.369 e. The first-order chi connectivity index (χ1) is 10.2. The summed E-state index contributed by atoms with van der Waals surface area (Å²) >= 11 is 3.57. The maximum absolute atomic E-state index is 13.4. The Hall–Kier alpha value is -1.49. The van der Waals surface area contributed by atoms with Gasteiger partial charge in [0.1, 0.15) is 11.6 Å². The van der Waals surface area contributed by atoms with Crippen LogP contribution >= 0.6 is 15.9 Å². The number of aromatic nitrogens is 2. The van der Waals surface area contributed by atoms with Crippen LogP contribution in [0, 0.1) is 5.82 Å². The molecule has 1 aromatic heterocycles. The number of nitrogens with one attached hydrogen (secondary N) is 1. The highest BCUT2D eigenvalue weighted by Gasteiger charge is 2.13. The lowest BCUT2D eigenvalue weighted by atomic mass is 10.2. The molecule has 0 saturated heterocycles. The van der Waals surface area contributed by atoms with Gasteiger partial charge in [0.25, 0.3) is 0 Å². The van der Waals surface area contributed by atoms with E-state index in [9.17, 15) is 4.39 Å². The smallest absolute Gasteiger partial charge is 0.161 e. The van der Waals surface area contributed by atoms with Crippen molar-refractivity contribution in [2.24, 2.45) is 0 Å². The Morgan fingerprint density at radius 1 is 1.19 bits per heavy atom. The summed E-state index contributed by atoms with van der Waals surface area (Å²) in [6.45, 7) is 5.04. The Bertz CT molecular complexity index is 616. The minimum atomic E-state index is -0.279. The van der Waals surface area contributed by atoms with Crippen molar-refractivity contribution in [3.05, 3.63) is 40.2 Å². The van der Waals surface area contributed by atoms with Gasteiger partial charge in [-0.05, 0) is 40.9 Å². The van der Waals surface area contributed by atoms with Gasteiger partial charge >= 0.3 is 0 Å². The molecule has 0 unspecified atom stereocenters. The van der Waals surface area contributed by atoms with Crippen LogP contribution in [0.4, 0.5) is 10.2 Å². The number of nitrogens with zero attached hydrogens (tertiary/aromatic N) is 2. The molecule has 2 aromatic rings. The standard InChI is InChI=1S/C16H19BrFN3/c1-3-6-13-14(17)16(19-9-4-2)21-15(20-13)11-7-5-8-12(18)10-11/h5,7-8,10H,3-4,6,9H2,1-2H3,(H,19,20,21). The largest absolute Gasteiger partial charge is 0.369 e. The van der Waals surface area contributed by atoms with Gasteiger partial charge in [-0.2, -0.15) is 0 Å². The van der Waals surface area contributed by atoms with Crippen LogP contribution in [0.15, 0.2) is 28.7 Å². The van der Waals surface area contributed by atoms with Gasteiger partial charge in [-0.1, -0.05) is 32.4 Å². The van der Waals surface area contributed by atoms with Gasteiger partial charge in [0, 0.05) is 12.1 Å². The first-order valence-corrected chi connectivity index (χ1v) is 8.01. The highest BCUT2D eigenvalue weighted by atomic mass is 79.9. The van der Waals surface area contributed by atoms with Crippen LogP contribution in [0.2, 0.25) is 0 Å². The Morgan fingerprint density at radius 2 is 2.00 bits per heavy atom. The fraction of sp³-hybridized carbons (Fsp3) is 0.375. The average molecular weight is 352 g/mol. The summed E-state index contributed by atoms with van der Waals surface area (Å²) in [5, 5.41) is 3.29. The van der Waals surface area contributed by atoms with Crippen molar-refractivity contribution in [2.45, 2.75) is 33.1 Å². The number of hydrogen-bond donors (Lipinski definition) is 1. The van der Waals surface area contributed by atoms with E-state index in [-0.39, 0.29) is 5.82 Å². The third kappa shape index (κ3) is 4.00. The summed E-state index contributed by atoms with van der Waals surface area (Å²) in [5.41, 5.74) is 1.64. The van der Waals surface area contributed by atoms with E-state index in [0.29, 0.717) is 11.4 Å². The van der Waals surface area contributed by atoms with Crippen molar-refractivity contribution in [1.82, 2.24) is 9.97 Å². The van der Waals surface area contributed by atoms with E-state index in [0.717, 1.165) is 41.8 Å². The molecule has 1 heterocycles. The van der Waals surface area contributed by atoms with Crippen molar-refractivity contribution >= 4 is 21.7 Å². The van der Waals surface area contributed by atoms with E-state index in [1.54, 1.807) is 6.07 Å². The summed E-state index contributed by atoms with van der Waals surface area (Å²) < 4.78 is 14.3. The molecule has 0 fully saturated rings. The fourth-order valence-electron chi connectivity index (χ4n) is 2.01. The molecule has 1 N–H and O–H groups in total. The van der Waals surface area contributed by atoms with Gasteiger partial charge in [-0.25, -0.2) is 14.4 Å². The Kier molecular flexibility index (Phi) is 5.67. The van der Waals surface area contributed by atoms with Gasteiger partial charge in [0.2, 0.25) is 0 Å². The molecule has 112 valence electrons. The van der Waals surface area contributed by atoms with E-state index in [2.05, 4.69) is 45.1 Å². The number of aryl methyl sites for hydroxylation is 1. The van der Waals surface area contributed by atoms with Gasteiger partial charge < -0.3 is 5.32 Å². The first kappa shape index (κ1) is 15.9. The van der Waals surface area contributed by atoms with Crippen molar-refractivity contribution in [1.29, 1.82) is 0 Å². The highest BCUT2D eigenvalue weighted by Crippen LogP contribution is 2.28. The van der Waals surface area contributed by atoms with Crippen LogP contribution in [-0.4, -0.2) is 16.5 Å². The summed E-state index contributed by atoms with van der Waals surface area (Å²) in [6.07, 6.45) is 2.85. The topological polar surface area (TPSA) is 37.8 Å². The molecule has 3 nitrogen and oxygen atoms in total. The highest BCUT2D eigenvalue weighted by molar-refractivity contribution is 9.10. The maximum atomic E-state index is 13.4. The number of hydrogen-bond acceptors (Lipinski definition) is 3.